The van der Waals surface area contributed by atoms with Gasteiger partial charge in [0.1, 0.15) is 5.82 Å². The van der Waals surface area contributed by atoms with Crippen molar-refractivity contribution in [1.29, 1.82) is 0 Å². The van der Waals surface area contributed by atoms with Gasteiger partial charge in [-0.05, 0) is 75.9 Å². The quantitative estimate of drug-likeness (QED) is 0.888. The Hall–Kier alpha value is -0.930. The summed E-state index contributed by atoms with van der Waals surface area (Å²) in [7, 11) is 0. The van der Waals surface area contributed by atoms with E-state index in [1.54, 1.807) is 12.1 Å². The normalized spacial score (nSPS) is 19.8. The van der Waals surface area contributed by atoms with Crippen LogP contribution in [0, 0.1) is 18.7 Å². The number of hydrogen-bond donors (Lipinski definition) is 1. The van der Waals surface area contributed by atoms with E-state index in [0.29, 0.717) is 6.04 Å². The lowest BCUT2D eigenvalue weighted by molar-refractivity contribution is 0.163. The molecule has 1 atom stereocenters. The molecule has 0 bridgehead atoms. The summed E-state index contributed by atoms with van der Waals surface area (Å²) in [5.41, 5.74) is 2.29. The second-order valence-electron chi connectivity index (χ2n) is 6.31. The zero-order valence-corrected chi connectivity index (χ0v) is 13.0. The topological polar surface area (TPSA) is 15.3 Å². The van der Waals surface area contributed by atoms with Crippen LogP contribution in [0.2, 0.25) is 0 Å². The van der Waals surface area contributed by atoms with Gasteiger partial charge in [0.15, 0.2) is 0 Å². The molecule has 20 heavy (non-hydrogen) atoms. The molecule has 1 unspecified atom stereocenters. The first-order valence-electron chi connectivity index (χ1n) is 7.76. The van der Waals surface area contributed by atoms with E-state index >= 15 is 0 Å². The fraction of sp³-hybridized carbons (Fsp3) is 0.647. The van der Waals surface area contributed by atoms with Crippen molar-refractivity contribution in [3.63, 3.8) is 0 Å². The molecule has 0 aliphatic carbocycles. The van der Waals surface area contributed by atoms with Crippen molar-refractivity contribution < 1.29 is 4.39 Å². The third-order valence-electron chi connectivity index (χ3n) is 4.31. The third-order valence-corrected chi connectivity index (χ3v) is 4.31. The number of piperidine rings is 1. The molecule has 112 valence electrons. The highest BCUT2D eigenvalue weighted by Crippen LogP contribution is 2.18. The van der Waals surface area contributed by atoms with E-state index in [0.717, 1.165) is 37.7 Å². The minimum Gasteiger partial charge on any atom is -0.316 e. The van der Waals surface area contributed by atoms with Gasteiger partial charge in [0.25, 0.3) is 0 Å². The highest BCUT2D eigenvalue weighted by molar-refractivity contribution is 5.26. The van der Waals surface area contributed by atoms with Crippen molar-refractivity contribution in [2.24, 2.45) is 5.92 Å². The molecule has 1 aromatic carbocycles. The van der Waals surface area contributed by atoms with Gasteiger partial charge in [-0.1, -0.05) is 6.07 Å². The number of aryl methyl sites for hydroxylation is 1. The van der Waals surface area contributed by atoms with E-state index in [1.807, 2.05) is 6.07 Å². The summed E-state index contributed by atoms with van der Waals surface area (Å²) in [6, 6.07) is 5.60. The van der Waals surface area contributed by atoms with Crippen LogP contribution < -0.4 is 5.32 Å². The van der Waals surface area contributed by atoms with Gasteiger partial charge in [0.2, 0.25) is 0 Å². The highest BCUT2D eigenvalue weighted by Gasteiger charge is 2.19. The SMILES string of the molecule is Cc1ccc(F)cc1CN(CC1CCCNC1)C(C)C. The van der Waals surface area contributed by atoms with Crippen LogP contribution >= 0.6 is 0 Å². The molecular formula is C17H27FN2. The lowest BCUT2D eigenvalue weighted by Gasteiger charge is -2.33. The number of halogens is 1. The largest absolute Gasteiger partial charge is 0.316 e. The van der Waals surface area contributed by atoms with E-state index in [9.17, 15) is 4.39 Å². The van der Waals surface area contributed by atoms with Gasteiger partial charge in [0.05, 0.1) is 0 Å². The predicted molar refractivity (Wildman–Crippen MR) is 82.3 cm³/mol. The van der Waals surface area contributed by atoms with Crippen molar-refractivity contribution in [2.75, 3.05) is 19.6 Å². The highest BCUT2D eigenvalue weighted by atomic mass is 19.1. The van der Waals surface area contributed by atoms with Crippen molar-refractivity contribution >= 4 is 0 Å². The van der Waals surface area contributed by atoms with Gasteiger partial charge in [-0.3, -0.25) is 4.90 Å². The van der Waals surface area contributed by atoms with Crippen LogP contribution in [-0.4, -0.2) is 30.6 Å². The summed E-state index contributed by atoms with van der Waals surface area (Å²) < 4.78 is 13.4. The van der Waals surface area contributed by atoms with E-state index in [1.165, 1.54) is 18.4 Å². The molecule has 1 saturated heterocycles. The van der Waals surface area contributed by atoms with Crippen LogP contribution in [0.5, 0.6) is 0 Å². The van der Waals surface area contributed by atoms with Crippen LogP contribution in [0.15, 0.2) is 18.2 Å². The Morgan fingerprint density at radius 1 is 1.40 bits per heavy atom. The second kappa shape index (κ2) is 7.19. The average Bonchev–Trinajstić information content (AvgIpc) is 2.43. The average molecular weight is 278 g/mol. The maximum absolute atomic E-state index is 13.4. The minimum atomic E-state index is -0.131. The Morgan fingerprint density at radius 2 is 2.20 bits per heavy atom. The zero-order chi connectivity index (χ0) is 14.5. The van der Waals surface area contributed by atoms with Crippen molar-refractivity contribution in [3.8, 4) is 0 Å². The molecule has 0 saturated carbocycles. The lowest BCUT2D eigenvalue weighted by atomic mass is 9.98. The summed E-state index contributed by atoms with van der Waals surface area (Å²) >= 11 is 0. The van der Waals surface area contributed by atoms with Gasteiger partial charge in [0, 0.05) is 19.1 Å². The number of nitrogens with zero attached hydrogens (tertiary/aromatic N) is 1. The van der Waals surface area contributed by atoms with Gasteiger partial charge in [-0.15, -0.1) is 0 Å². The summed E-state index contributed by atoms with van der Waals surface area (Å²) in [6.07, 6.45) is 2.58. The summed E-state index contributed by atoms with van der Waals surface area (Å²) in [5, 5.41) is 3.48. The lowest BCUT2D eigenvalue weighted by Crippen LogP contribution is -2.40. The minimum absolute atomic E-state index is 0.131. The first-order chi connectivity index (χ1) is 9.56. The molecule has 0 amide bonds. The van der Waals surface area contributed by atoms with E-state index < -0.39 is 0 Å². The fourth-order valence-corrected chi connectivity index (χ4v) is 2.90. The van der Waals surface area contributed by atoms with Gasteiger partial charge in [-0.2, -0.15) is 0 Å². The third kappa shape index (κ3) is 4.29. The Kier molecular flexibility index (Phi) is 5.55. The zero-order valence-electron chi connectivity index (χ0n) is 13.0. The fourth-order valence-electron chi connectivity index (χ4n) is 2.90. The Balaban J connectivity index is 2.02. The molecule has 2 nitrogen and oxygen atoms in total. The first kappa shape index (κ1) is 15.5. The molecule has 1 aromatic rings. The molecule has 1 aliphatic heterocycles. The summed E-state index contributed by atoms with van der Waals surface area (Å²) in [4.78, 5) is 2.47. The summed E-state index contributed by atoms with van der Waals surface area (Å²) in [6.45, 7) is 10.7. The standard InChI is InChI=1S/C17H27FN2/c1-13(2)20(11-15-5-4-8-19-10-15)12-16-9-17(18)7-6-14(16)3/h6-7,9,13,15,19H,4-5,8,10-12H2,1-3H3. The molecule has 0 radical (unpaired) electrons. The van der Waals surface area contributed by atoms with Gasteiger partial charge < -0.3 is 5.32 Å². The number of nitrogens with one attached hydrogen (secondary N) is 1. The molecule has 3 heteroatoms. The molecule has 0 spiro atoms. The molecule has 1 heterocycles. The van der Waals surface area contributed by atoms with Crippen molar-refractivity contribution in [3.05, 3.63) is 35.1 Å². The molecule has 1 fully saturated rings. The van der Waals surface area contributed by atoms with E-state index in [2.05, 4.69) is 31.0 Å². The molecule has 1 aliphatic rings. The Morgan fingerprint density at radius 3 is 2.85 bits per heavy atom. The molecule has 2 rings (SSSR count). The first-order valence-corrected chi connectivity index (χ1v) is 7.76. The van der Waals surface area contributed by atoms with E-state index in [-0.39, 0.29) is 5.82 Å². The van der Waals surface area contributed by atoms with Gasteiger partial charge >= 0.3 is 0 Å². The molecule has 1 N–H and O–H groups in total. The Labute approximate surface area is 122 Å². The predicted octanol–water partition coefficient (Wildman–Crippen LogP) is 3.34. The maximum atomic E-state index is 13.4. The monoisotopic (exact) mass is 278 g/mol. The molecule has 0 aromatic heterocycles. The van der Waals surface area contributed by atoms with Crippen LogP contribution in [0.1, 0.15) is 37.8 Å². The smallest absolute Gasteiger partial charge is 0.123 e. The van der Waals surface area contributed by atoms with Crippen molar-refractivity contribution in [1.82, 2.24) is 10.2 Å². The van der Waals surface area contributed by atoms with Gasteiger partial charge in [-0.25, -0.2) is 4.39 Å². The number of benzene rings is 1. The molecular weight excluding hydrogens is 251 g/mol. The second-order valence-corrected chi connectivity index (χ2v) is 6.31. The van der Waals surface area contributed by atoms with Crippen LogP contribution in [0.3, 0.4) is 0 Å². The van der Waals surface area contributed by atoms with Crippen molar-refractivity contribution in [2.45, 2.75) is 46.2 Å². The van der Waals surface area contributed by atoms with E-state index in [4.69, 9.17) is 0 Å². The number of hydrogen-bond acceptors (Lipinski definition) is 2. The number of rotatable bonds is 5. The maximum Gasteiger partial charge on any atom is 0.123 e. The van der Waals surface area contributed by atoms with Crippen LogP contribution in [0.4, 0.5) is 4.39 Å². The van der Waals surface area contributed by atoms with Crippen LogP contribution in [0.25, 0.3) is 0 Å². The van der Waals surface area contributed by atoms with Crippen LogP contribution in [-0.2, 0) is 6.54 Å². The Bertz CT molecular complexity index is 425. The summed E-state index contributed by atoms with van der Waals surface area (Å²) in [5.74, 6) is 0.591.